The lowest BCUT2D eigenvalue weighted by Gasteiger charge is -2.18. The van der Waals surface area contributed by atoms with Crippen LogP contribution in [0, 0.1) is 5.82 Å². The molecule has 4 rings (SSSR count). The van der Waals surface area contributed by atoms with Crippen LogP contribution >= 0.6 is 0 Å². The van der Waals surface area contributed by atoms with Crippen molar-refractivity contribution in [2.45, 2.75) is 17.9 Å². The van der Waals surface area contributed by atoms with Crippen LogP contribution < -0.4 is 9.62 Å². The predicted molar refractivity (Wildman–Crippen MR) is 108 cm³/mol. The number of amides is 1. The number of sulfonamides is 1. The Morgan fingerprint density at radius 1 is 1.14 bits per heavy atom. The first-order chi connectivity index (χ1) is 13.9. The van der Waals surface area contributed by atoms with Gasteiger partial charge in [0, 0.05) is 26.3 Å². The Kier molecular flexibility index (Phi) is 4.87. The van der Waals surface area contributed by atoms with Gasteiger partial charge in [-0.2, -0.15) is 0 Å². The van der Waals surface area contributed by atoms with Gasteiger partial charge in [0.2, 0.25) is 0 Å². The molecule has 2 aromatic carbocycles. The summed E-state index contributed by atoms with van der Waals surface area (Å²) >= 11 is 0. The van der Waals surface area contributed by atoms with Gasteiger partial charge in [-0.25, -0.2) is 12.8 Å². The number of fused-ring (bicyclic) bond motifs is 1. The summed E-state index contributed by atoms with van der Waals surface area (Å²) in [6, 6.07) is 14.6. The Labute approximate surface area is 168 Å². The van der Waals surface area contributed by atoms with Crippen LogP contribution in [0.4, 0.5) is 10.1 Å². The van der Waals surface area contributed by atoms with Crippen LogP contribution in [0.25, 0.3) is 0 Å². The van der Waals surface area contributed by atoms with E-state index in [9.17, 15) is 17.6 Å². The number of carbonyl (C=O) groups excluding carboxylic acids is 1. The normalized spacial score (nSPS) is 13.4. The van der Waals surface area contributed by atoms with E-state index in [4.69, 9.17) is 0 Å². The molecule has 0 saturated carbocycles. The summed E-state index contributed by atoms with van der Waals surface area (Å²) in [4.78, 5) is 12.6. The van der Waals surface area contributed by atoms with E-state index in [1.165, 1.54) is 33.3 Å². The van der Waals surface area contributed by atoms with Crippen molar-refractivity contribution in [1.82, 2.24) is 9.88 Å². The number of carbonyl (C=O) groups is 1. The second-order valence-electron chi connectivity index (χ2n) is 6.94. The summed E-state index contributed by atoms with van der Waals surface area (Å²) in [5, 5.41) is 2.73. The van der Waals surface area contributed by atoms with Crippen LogP contribution in [0.15, 0.2) is 65.7 Å². The molecule has 1 aliphatic heterocycles. The highest BCUT2D eigenvalue weighted by atomic mass is 32.2. The zero-order chi connectivity index (χ0) is 20.6. The van der Waals surface area contributed by atoms with Crippen molar-refractivity contribution >= 4 is 21.6 Å². The molecule has 0 aliphatic carbocycles. The van der Waals surface area contributed by atoms with E-state index < -0.39 is 15.9 Å². The summed E-state index contributed by atoms with van der Waals surface area (Å²) in [5.41, 5.74) is 2.65. The van der Waals surface area contributed by atoms with Gasteiger partial charge in [-0.05, 0) is 41.8 Å². The fourth-order valence-corrected chi connectivity index (χ4v) is 5.04. The van der Waals surface area contributed by atoms with E-state index in [2.05, 4.69) is 5.32 Å². The molecule has 1 N–H and O–H groups in total. The second kappa shape index (κ2) is 7.36. The fraction of sp³-hybridized carbons (Fsp3) is 0.190. The van der Waals surface area contributed by atoms with Gasteiger partial charge in [0.05, 0.1) is 5.69 Å². The molecule has 1 amide bonds. The van der Waals surface area contributed by atoms with Crippen LogP contribution in [0.1, 0.15) is 21.6 Å². The lowest BCUT2D eigenvalue weighted by molar-refractivity contribution is 0.0942. The third-order valence-electron chi connectivity index (χ3n) is 5.01. The number of nitrogens with one attached hydrogen (secondary N) is 1. The van der Waals surface area contributed by atoms with E-state index in [1.807, 2.05) is 18.2 Å². The summed E-state index contributed by atoms with van der Waals surface area (Å²) in [6.45, 7) is 0.592. The van der Waals surface area contributed by atoms with E-state index in [0.29, 0.717) is 18.7 Å². The molecule has 150 valence electrons. The summed E-state index contributed by atoms with van der Waals surface area (Å²) in [6.07, 6.45) is 2.11. The molecule has 0 bridgehead atoms. The first-order valence-electron chi connectivity index (χ1n) is 9.16. The predicted octanol–water partition coefficient (Wildman–Crippen LogP) is 2.85. The first kappa shape index (κ1) is 19.2. The largest absolute Gasteiger partial charge is 0.347 e. The van der Waals surface area contributed by atoms with Gasteiger partial charge in [-0.3, -0.25) is 9.10 Å². The third kappa shape index (κ3) is 3.63. The number of benzene rings is 2. The number of hydrogen-bond donors (Lipinski definition) is 1. The number of anilines is 1. The van der Waals surface area contributed by atoms with Gasteiger partial charge in [-0.15, -0.1) is 0 Å². The van der Waals surface area contributed by atoms with Crippen molar-refractivity contribution in [3.05, 3.63) is 83.4 Å². The molecule has 0 fully saturated rings. The molecule has 8 heteroatoms. The fourth-order valence-electron chi connectivity index (χ4n) is 3.46. The van der Waals surface area contributed by atoms with Gasteiger partial charge >= 0.3 is 0 Å². The Morgan fingerprint density at radius 2 is 1.86 bits per heavy atom. The topological polar surface area (TPSA) is 71.4 Å². The summed E-state index contributed by atoms with van der Waals surface area (Å²) in [7, 11) is -2.14. The molecule has 0 radical (unpaired) electrons. The number of para-hydroxylation sites is 1. The zero-order valence-corrected chi connectivity index (χ0v) is 16.6. The van der Waals surface area contributed by atoms with E-state index in [1.54, 1.807) is 25.2 Å². The van der Waals surface area contributed by atoms with Crippen molar-refractivity contribution in [3.8, 4) is 0 Å². The van der Waals surface area contributed by atoms with Crippen molar-refractivity contribution in [2.24, 2.45) is 7.05 Å². The third-order valence-corrected chi connectivity index (χ3v) is 6.79. The standard InChI is InChI=1S/C21H20FN3O3S/c1-24-14-18(29(27,28)25-11-10-16-4-2-3-5-19(16)25)12-20(24)21(26)23-13-15-6-8-17(22)9-7-15/h2-9,12,14H,10-11,13H2,1H3,(H,23,26). The minimum absolute atomic E-state index is 0.0728. The van der Waals surface area contributed by atoms with Crippen molar-refractivity contribution in [2.75, 3.05) is 10.8 Å². The van der Waals surface area contributed by atoms with Gasteiger partial charge in [0.1, 0.15) is 16.4 Å². The zero-order valence-electron chi connectivity index (χ0n) is 15.8. The molecule has 0 unspecified atom stereocenters. The Balaban J connectivity index is 1.54. The Bertz CT molecular complexity index is 1170. The summed E-state index contributed by atoms with van der Waals surface area (Å²) < 4.78 is 42.2. The number of hydrogen-bond acceptors (Lipinski definition) is 3. The molecule has 6 nitrogen and oxygen atoms in total. The molecule has 2 heterocycles. The molecule has 1 aliphatic rings. The van der Waals surface area contributed by atoms with Crippen LogP contribution in [0.2, 0.25) is 0 Å². The Morgan fingerprint density at radius 3 is 2.62 bits per heavy atom. The molecule has 3 aromatic rings. The maximum atomic E-state index is 13.1. The lowest BCUT2D eigenvalue weighted by atomic mass is 10.2. The number of halogens is 1. The summed E-state index contributed by atoms with van der Waals surface area (Å²) in [5.74, 6) is -0.749. The minimum atomic E-state index is -3.77. The SMILES string of the molecule is Cn1cc(S(=O)(=O)N2CCc3ccccc32)cc1C(=O)NCc1ccc(F)cc1. The van der Waals surface area contributed by atoms with Crippen LogP contribution in [0.5, 0.6) is 0 Å². The molecular weight excluding hydrogens is 393 g/mol. The van der Waals surface area contributed by atoms with Crippen LogP contribution in [0.3, 0.4) is 0 Å². The molecular formula is C21H20FN3O3S. The van der Waals surface area contributed by atoms with Gasteiger partial charge < -0.3 is 9.88 Å². The van der Waals surface area contributed by atoms with Crippen LogP contribution in [-0.2, 0) is 30.0 Å². The van der Waals surface area contributed by atoms with Gasteiger partial charge in [0.15, 0.2) is 0 Å². The smallest absolute Gasteiger partial charge is 0.268 e. The molecule has 29 heavy (non-hydrogen) atoms. The molecule has 1 aromatic heterocycles. The maximum Gasteiger partial charge on any atom is 0.268 e. The average molecular weight is 413 g/mol. The lowest BCUT2D eigenvalue weighted by Crippen LogP contribution is -2.28. The highest BCUT2D eigenvalue weighted by Crippen LogP contribution is 2.33. The monoisotopic (exact) mass is 413 g/mol. The number of aryl methyl sites for hydroxylation is 1. The number of rotatable bonds is 5. The minimum Gasteiger partial charge on any atom is -0.347 e. The van der Waals surface area contributed by atoms with E-state index in [-0.39, 0.29) is 23.0 Å². The van der Waals surface area contributed by atoms with E-state index >= 15 is 0 Å². The molecule has 0 spiro atoms. The van der Waals surface area contributed by atoms with Crippen molar-refractivity contribution in [3.63, 3.8) is 0 Å². The number of nitrogens with zero attached hydrogens (tertiary/aromatic N) is 2. The maximum absolute atomic E-state index is 13.1. The highest BCUT2D eigenvalue weighted by molar-refractivity contribution is 7.92. The van der Waals surface area contributed by atoms with Crippen molar-refractivity contribution in [1.29, 1.82) is 0 Å². The van der Waals surface area contributed by atoms with Gasteiger partial charge in [-0.1, -0.05) is 30.3 Å². The second-order valence-corrected chi connectivity index (χ2v) is 8.80. The van der Waals surface area contributed by atoms with Crippen LogP contribution in [-0.4, -0.2) is 25.4 Å². The quantitative estimate of drug-likeness (QED) is 0.699. The first-order valence-corrected chi connectivity index (χ1v) is 10.6. The Hall–Kier alpha value is -3.13. The highest BCUT2D eigenvalue weighted by Gasteiger charge is 2.32. The average Bonchev–Trinajstić information content (AvgIpc) is 3.32. The molecule has 0 atom stereocenters. The van der Waals surface area contributed by atoms with E-state index in [0.717, 1.165) is 11.1 Å². The van der Waals surface area contributed by atoms with Crippen molar-refractivity contribution < 1.29 is 17.6 Å². The molecule has 0 saturated heterocycles. The number of aromatic nitrogens is 1. The van der Waals surface area contributed by atoms with Gasteiger partial charge in [0.25, 0.3) is 15.9 Å².